The first-order chi connectivity index (χ1) is 15.6. The molecule has 174 valence electrons. The highest BCUT2D eigenvalue weighted by atomic mass is 35.5. The summed E-state index contributed by atoms with van der Waals surface area (Å²) in [6.07, 6.45) is 0. The lowest BCUT2D eigenvalue weighted by Gasteiger charge is -2.34. The fraction of sp³-hybridized carbons (Fsp3) is 0.238. The molecule has 0 N–H and O–H groups in total. The second kappa shape index (κ2) is 8.81. The summed E-state index contributed by atoms with van der Waals surface area (Å²) in [7, 11) is -4.05. The molecule has 1 aliphatic heterocycles. The van der Waals surface area contributed by atoms with Crippen molar-refractivity contribution >= 4 is 27.5 Å². The summed E-state index contributed by atoms with van der Waals surface area (Å²) in [6.45, 7) is 1.69. The fourth-order valence-corrected chi connectivity index (χ4v) is 5.36. The van der Waals surface area contributed by atoms with Gasteiger partial charge in [-0.2, -0.15) is 9.40 Å². The van der Waals surface area contributed by atoms with Crippen molar-refractivity contribution in [1.29, 1.82) is 0 Å². The number of aryl methyl sites for hydroxylation is 1. The van der Waals surface area contributed by atoms with Gasteiger partial charge in [0, 0.05) is 26.2 Å². The number of nitrogens with zero attached hydrogens (tertiary/aromatic N) is 4. The number of sulfonamides is 1. The van der Waals surface area contributed by atoms with Crippen LogP contribution in [0, 0.1) is 24.4 Å². The lowest BCUT2D eigenvalue weighted by molar-refractivity contribution is 0.0697. The van der Waals surface area contributed by atoms with E-state index in [9.17, 15) is 26.4 Å². The van der Waals surface area contributed by atoms with E-state index in [0.29, 0.717) is 17.4 Å². The minimum absolute atomic E-state index is 0.0319. The monoisotopic (exact) mass is 498 g/mol. The van der Waals surface area contributed by atoms with Crippen LogP contribution >= 0.6 is 11.6 Å². The molecule has 33 heavy (non-hydrogen) atoms. The average Bonchev–Trinajstić information content (AvgIpc) is 3.09. The Labute approximate surface area is 193 Å². The molecule has 0 saturated carbocycles. The highest BCUT2D eigenvalue weighted by molar-refractivity contribution is 7.89. The topological polar surface area (TPSA) is 75.5 Å². The van der Waals surface area contributed by atoms with Crippen molar-refractivity contribution < 1.29 is 26.4 Å². The van der Waals surface area contributed by atoms with Crippen LogP contribution in [0.4, 0.5) is 13.2 Å². The first-order valence-electron chi connectivity index (χ1n) is 9.85. The smallest absolute Gasteiger partial charge is 0.259 e. The maximum absolute atomic E-state index is 13.5. The molecule has 1 aliphatic rings. The van der Waals surface area contributed by atoms with Gasteiger partial charge in [0.1, 0.15) is 11.0 Å². The normalized spacial score (nSPS) is 15.1. The first kappa shape index (κ1) is 23.3. The third kappa shape index (κ3) is 4.35. The van der Waals surface area contributed by atoms with Crippen LogP contribution in [-0.4, -0.2) is 59.5 Å². The summed E-state index contributed by atoms with van der Waals surface area (Å²) in [4.78, 5) is 14.2. The van der Waals surface area contributed by atoms with E-state index < -0.39 is 33.4 Å². The van der Waals surface area contributed by atoms with Gasteiger partial charge in [-0.15, -0.1) is 0 Å². The van der Waals surface area contributed by atoms with Crippen LogP contribution in [0.3, 0.4) is 0 Å². The lowest BCUT2D eigenvalue weighted by Crippen LogP contribution is -2.50. The van der Waals surface area contributed by atoms with Gasteiger partial charge in [0.2, 0.25) is 10.0 Å². The van der Waals surface area contributed by atoms with Crippen molar-refractivity contribution in [2.75, 3.05) is 26.2 Å². The summed E-state index contributed by atoms with van der Waals surface area (Å²) in [5.74, 6) is -3.24. The maximum atomic E-state index is 13.5. The molecule has 1 fully saturated rings. The number of carbonyl (C=O) groups is 1. The van der Waals surface area contributed by atoms with Crippen molar-refractivity contribution in [3.05, 3.63) is 76.3 Å². The van der Waals surface area contributed by atoms with Crippen LogP contribution in [0.2, 0.25) is 5.15 Å². The molecule has 1 aromatic heterocycles. The van der Waals surface area contributed by atoms with E-state index in [-0.39, 0.29) is 41.8 Å². The van der Waals surface area contributed by atoms with Gasteiger partial charge in [0.25, 0.3) is 5.91 Å². The summed E-state index contributed by atoms with van der Waals surface area (Å²) < 4.78 is 67.8. The van der Waals surface area contributed by atoms with Crippen molar-refractivity contribution in [2.45, 2.75) is 11.8 Å². The third-order valence-electron chi connectivity index (χ3n) is 5.34. The number of carbonyl (C=O) groups excluding carboxylic acids is 1. The number of halogens is 4. The molecule has 0 radical (unpaired) electrons. The number of piperazine rings is 1. The molecule has 12 heteroatoms. The number of benzene rings is 2. The Kier molecular flexibility index (Phi) is 6.21. The van der Waals surface area contributed by atoms with Gasteiger partial charge in [0.15, 0.2) is 11.6 Å². The summed E-state index contributed by atoms with van der Waals surface area (Å²) in [5.41, 5.74) is 1.01. The van der Waals surface area contributed by atoms with Gasteiger partial charge < -0.3 is 4.90 Å². The first-order valence-corrected chi connectivity index (χ1v) is 11.7. The second-order valence-electron chi connectivity index (χ2n) is 7.41. The Hall–Kier alpha value is -2.89. The van der Waals surface area contributed by atoms with Crippen LogP contribution in [0.25, 0.3) is 5.69 Å². The molecule has 4 rings (SSSR count). The standard InChI is InChI=1S/C21H18ClF3N4O3S/c1-13-19(20(22)29(26-13)15-4-2-14(23)3-5-15)21(30)27-8-10-28(11-9-27)33(31,32)16-6-7-17(24)18(25)12-16/h2-7,12H,8-11H2,1H3. The van der Waals surface area contributed by atoms with Crippen molar-refractivity contribution in [2.24, 2.45) is 0 Å². The summed E-state index contributed by atoms with van der Waals surface area (Å²) >= 11 is 6.41. The SMILES string of the molecule is Cc1nn(-c2ccc(F)cc2)c(Cl)c1C(=O)N1CCN(S(=O)(=O)c2ccc(F)c(F)c2)CC1. The van der Waals surface area contributed by atoms with Crippen molar-refractivity contribution in [1.82, 2.24) is 19.0 Å². The molecule has 3 aromatic rings. The zero-order valence-electron chi connectivity index (χ0n) is 17.3. The van der Waals surface area contributed by atoms with E-state index in [4.69, 9.17) is 11.6 Å². The fourth-order valence-electron chi connectivity index (χ4n) is 3.57. The van der Waals surface area contributed by atoms with Gasteiger partial charge in [-0.3, -0.25) is 4.79 Å². The van der Waals surface area contributed by atoms with E-state index in [1.54, 1.807) is 6.92 Å². The predicted octanol–water partition coefficient (Wildman–Crippen LogP) is 3.40. The van der Waals surface area contributed by atoms with E-state index in [2.05, 4.69) is 5.10 Å². The molecule has 7 nitrogen and oxygen atoms in total. The summed E-state index contributed by atoms with van der Waals surface area (Å²) in [6, 6.07) is 7.83. The largest absolute Gasteiger partial charge is 0.336 e. The highest BCUT2D eigenvalue weighted by Crippen LogP contribution is 2.26. The van der Waals surface area contributed by atoms with Gasteiger partial charge in [0.05, 0.1) is 21.8 Å². The van der Waals surface area contributed by atoms with Gasteiger partial charge >= 0.3 is 0 Å². The van der Waals surface area contributed by atoms with E-state index in [1.165, 1.54) is 33.8 Å². The summed E-state index contributed by atoms with van der Waals surface area (Å²) in [5, 5.41) is 4.33. The van der Waals surface area contributed by atoms with Crippen LogP contribution in [0.1, 0.15) is 16.1 Å². The Morgan fingerprint density at radius 1 is 0.970 bits per heavy atom. The molecule has 1 amide bonds. The molecule has 0 unspecified atom stereocenters. The van der Waals surface area contributed by atoms with Crippen LogP contribution in [0.5, 0.6) is 0 Å². The maximum Gasteiger partial charge on any atom is 0.259 e. The van der Waals surface area contributed by atoms with Crippen molar-refractivity contribution in [3.8, 4) is 5.69 Å². The molecular weight excluding hydrogens is 481 g/mol. The van der Waals surface area contributed by atoms with E-state index >= 15 is 0 Å². The molecule has 0 spiro atoms. The molecule has 0 bridgehead atoms. The Balaban J connectivity index is 1.51. The molecule has 1 saturated heterocycles. The van der Waals surface area contributed by atoms with Gasteiger partial charge in [-0.25, -0.2) is 26.3 Å². The zero-order chi connectivity index (χ0) is 23.9. The lowest BCUT2D eigenvalue weighted by atomic mass is 10.2. The predicted molar refractivity (Wildman–Crippen MR) is 114 cm³/mol. The Morgan fingerprint density at radius 3 is 2.21 bits per heavy atom. The number of rotatable bonds is 4. The molecular formula is C21H18ClF3N4O3S. The van der Waals surface area contributed by atoms with Gasteiger partial charge in [-0.05, 0) is 49.4 Å². The van der Waals surface area contributed by atoms with Gasteiger partial charge in [-0.1, -0.05) is 11.6 Å². The van der Waals surface area contributed by atoms with Crippen LogP contribution in [0.15, 0.2) is 47.4 Å². The quantitative estimate of drug-likeness (QED) is 0.552. The molecule has 0 aliphatic carbocycles. The van der Waals surface area contributed by atoms with E-state index in [1.807, 2.05) is 0 Å². The molecule has 2 heterocycles. The average molecular weight is 499 g/mol. The Morgan fingerprint density at radius 2 is 1.61 bits per heavy atom. The van der Waals surface area contributed by atoms with Crippen LogP contribution in [-0.2, 0) is 10.0 Å². The van der Waals surface area contributed by atoms with Crippen LogP contribution < -0.4 is 0 Å². The van der Waals surface area contributed by atoms with Crippen molar-refractivity contribution in [3.63, 3.8) is 0 Å². The number of amides is 1. The molecule has 2 aromatic carbocycles. The molecule has 0 atom stereocenters. The zero-order valence-corrected chi connectivity index (χ0v) is 18.9. The number of hydrogen-bond acceptors (Lipinski definition) is 4. The number of aromatic nitrogens is 2. The highest BCUT2D eigenvalue weighted by Gasteiger charge is 2.33. The third-order valence-corrected chi connectivity index (χ3v) is 7.59. The number of hydrogen-bond donors (Lipinski definition) is 0. The second-order valence-corrected chi connectivity index (χ2v) is 9.71. The Bertz CT molecular complexity index is 1320. The minimum atomic E-state index is -4.05. The minimum Gasteiger partial charge on any atom is -0.336 e. The van der Waals surface area contributed by atoms with E-state index in [0.717, 1.165) is 16.4 Å².